The van der Waals surface area contributed by atoms with Gasteiger partial charge in [0.2, 0.25) is 0 Å². The first-order valence-corrected chi connectivity index (χ1v) is 14.7. The van der Waals surface area contributed by atoms with Crippen molar-refractivity contribution in [1.29, 1.82) is 0 Å². The van der Waals surface area contributed by atoms with E-state index in [0.29, 0.717) is 23.3 Å². The van der Waals surface area contributed by atoms with E-state index in [0.717, 1.165) is 0 Å². The van der Waals surface area contributed by atoms with Gasteiger partial charge in [-0.3, -0.25) is 19.2 Å². The Labute approximate surface area is 245 Å². The molecule has 4 aliphatic rings. The lowest BCUT2D eigenvalue weighted by atomic mass is 9.47. The molecule has 5 rings (SSSR count). The Morgan fingerprint density at radius 1 is 1.10 bits per heavy atom. The number of fused-ring (bicyclic) bond motifs is 5. The molecule has 3 fully saturated rings. The average molecular weight is 584 g/mol. The fourth-order valence-corrected chi connectivity index (χ4v) is 7.71. The summed E-state index contributed by atoms with van der Waals surface area (Å²) in [4.78, 5) is 52.1. The van der Waals surface area contributed by atoms with Crippen LogP contribution in [0, 0.1) is 22.7 Å². The normalized spacial score (nSPS) is 36.8. The number of ether oxygens (including phenoxy) is 3. The van der Waals surface area contributed by atoms with E-state index >= 15 is 0 Å². The standard InChI is InChI=1S/C32H41NO9/c1-17-23(42-25(36)11-12-33-29(38)19-9-7-6-8-10-19)15-32(39)14-21-20-16-40-22(20)13-24(35)31(21,5)28(37)27(41-18(2)34)26(17)30(32,3)4/h6-10,20-24,27,35,39H,11-16H2,1-5H3,(H,33,38)/t20-,21+,22+,23-,24-,27+,31-,32-/m0/s1. The second kappa shape index (κ2) is 10.9. The van der Waals surface area contributed by atoms with Gasteiger partial charge in [0.25, 0.3) is 5.91 Å². The lowest BCUT2D eigenvalue weighted by molar-refractivity contribution is -0.244. The molecule has 8 atom stereocenters. The van der Waals surface area contributed by atoms with E-state index in [2.05, 4.69) is 5.32 Å². The number of ketones is 1. The van der Waals surface area contributed by atoms with E-state index in [1.165, 1.54) is 6.92 Å². The summed E-state index contributed by atoms with van der Waals surface area (Å²) in [5, 5.41) is 26.5. The van der Waals surface area contributed by atoms with Gasteiger partial charge in [0.05, 0.1) is 36.3 Å². The maximum absolute atomic E-state index is 14.4. The van der Waals surface area contributed by atoms with Crippen molar-refractivity contribution in [1.82, 2.24) is 5.32 Å². The van der Waals surface area contributed by atoms with Crippen LogP contribution in [0.1, 0.15) is 70.7 Å². The summed E-state index contributed by atoms with van der Waals surface area (Å²) in [6, 6.07) is 8.65. The monoisotopic (exact) mass is 583 g/mol. The van der Waals surface area contributed by atoms with Crippen molar-refractivity contribution >= 4 is 23.6 Å². The number of rotatable bonds is 6. The quantitative estimate of drug-likeness (QED) is 0.339. The molecule has 10 nitrogen and oxygen atoms in total. The van der Waals surface area contributed by atoms with Gasteiger partial charge in [-0.15, -0.1) is 0 Å². The number of aliphatic hydroxyl groups is 2. The zero-order valence-electron chi connectivity index (χ0n) is 24.8. The third-order valence-electron chi connectivity index (χ3n) is 10.5. The summed E-state index contributed by atoms with van der Waals surface area (Å²) in [5.74, 6) is -2.47. The second-order valence-electron chi connectivity index (χ2n) is 13.0. The van der Waals surface area contributed by atoms with E-state index in [4.69, 9.17) is 14.2 Å². The summed E-state index contributed by atoms with van der Waals surface area (Å²) < 4.78 is 17.3. The Balaban J connectivity index is 1.45. The summed E-state index contributed by atoms with van der Waals surface area (Å²) >= 11 is 0. The molecule has 3 N–H and O–H groups in total. The van der Waals surface area contributed by atoms with Crippen LogP contribution in [-0.2, 0) is 28.6 Å². The third kappa shape index (κ3) is 4.87. The molecule has 228 valence electrons. The van der Waals surface area contributed by atoms with Gasteiger partial charge < -0.3 is 29.7 Å². The van der Waals surface area contributed by atoms with Crippen LogP contribution < -0.4 is 5.32 Å². The lowest BCUT2D eigenvalue weighted by Gasteiger charge is -2.62. The van der Waals surface area contributed by atoms with E-state index in [1.54, 1.807) is 44.2 Å². The molecule has 1 amide bonds. The third-order valence-corrected chi connectivity index (χ3v) is 10.5. The first-order valence-electron chi connectivity index (χ1n) is 14.7. The first-order chi connectivity index (χ1) is 19.7. The molecule has 0 unspecified atom stereocenters. The minimum atomic E-state index is -1.46. The highest BCUT2D eigenvalue weighted by Gasteiger charge is 2.67. The summed E-state index contributed by atoms with van der Waals surface area (Å²) in [7, 11) is 0. The number of carbonyl (C=O) groups is 4. The molecule has 1 saturated heterocycles. The number of hydrogen-bond acceptors (Lipinski definition) is 9. The minimum absolute atomic E-state index is 0.0528. The molecular weight excluding hydrogens is 542 g/mol. The van der Waals surface area contributed by atoms with Crippen LogP contribution >= 0.6 is 0 Å². The zero-order valence-corrected chi connectivity index (χ0v) is 24.8. The predicted octanol–water partition coefficient (Wildman–Crippen LogP) is 2.50. The van der Waals surface area contributed by atoms with Crippen LogP contribution in [0.25, 0.3) is 0 Å². The van der Waals surface area contributed by atoms with Gasteiger partial charge in [0, 0.05) is 43.2 Å². The highest BCUT2D eigenvalue weighted by molar-refractivity contribution is 5.95. The van der Waals surface area contributed by atoms with Crippen LogP contribution in [0.3, 0.4) is 0 Å². The molecule has 0 aromatic heterocycles. The number of Topliss-reactive ketones (excluding diaryl/α,β-unsaturated/α-hetero) is 1. The number of nitrogens with one attached hydrogen (secondary N) is 1. The van der Waals surface area contributed by atoms with Crippen LogP contribution in [0.15, 0.2) is 41.5 Å². The first kappa shape index (κ1) is 30.4. The Hall–Kier alpha value is -3.08. The number of benzene rings is 1. The Kier molecular flexibility index (Phi) is 7.87. The van der Waals surface area contributed by atoms with Crippen molar-refractivity contribution in [3.63, 3.8) is 0 Å². The molecule has 1 aromatic rings. The van der Waals surface area contributed by atoms with Crippen LogP contribution in [-0.4, -0.2) is 77.0 Å². The summed E-state index contributed by atoms with van der Waals surface area (Å²) in [6.45, 7) is 8.77. The van der Waals surface area contributed by atoms with Gasteiger partial charge in [0.1, 0.15) is 6.10 Å². The highest BCUT2D eigenvalue weighted by Crippen LogP contribution is 2.61. The highest BCUT2D eigenvalue weighted by atomic mass is 16.6. The Morgan fingerprint density at radius 2 is 1.79 bits per heavy atom. The molecule has 0 spiro atoms. The zero-order chi connectivity index (χ0) is 30.6. The summed E-state index contributed by atoms with van der Waals surface area (Å²) in [6.07, 6.45) is -3.07. The molecule has 1 aromatic carbocycles. The van der Waals surface area contributed by atoms with Gasteiger partial charge in [-0.1, -0.05) is 32.0 Å². The molecular formula is C32H41NO9. The maximum atomic E-state index is 14.4. The molecule has 1 heterocycles. The molecule has 1 aliphatic heterocycles. The number of aliphatic hydroxyl groups excluding tert-OH is 1. The predicted molar refractivity (Wildman–Crippen MR) is 150 cm³/mol. The van der Waals surface area contributed by atoms with Gasteiger partial charge in [0.15, 0.2) is 11.9 Å². The van der Waals surface area contributed by atoms with Crippen molar-refractivity contribution in [3.05, 3.63) is 47.0 Å². The maximum Gasteiger partial charge on any atom is 0.308 e. The SMILES string of the molecule is CC(=O)O[C@H]1C(=O)[C@@]2(C)[C@H](C[C@]3(O)C[C@H](OC(=O)CCNC(=O)c4ccccc4)C(C)=C1C3(C)C)[C@@H]1CO[C@@H]1C[C@@H]2O. The van der Waals surface area contributed by atoms with Gasteiger partial charge in [-0.05, 0) is 49.5 Å². The summed E-state index contributed by atoms with van der Waals surface area (Å²) in [5.41, 5.74) is -2.36. The van der Waals surface area contributed by atoms with E-state index in [9.17, 15) is 29.4 Å². The van der Waals surface area contributed by atoms with Crippen molar-refractivity contribution in [2.45, 2.75) is 90.3 Å². The van der Waals surface area contributed by atoms with Crippen molar-refractivity contribution < 1.29 is 43.6 Å². The van der Waals surface area contributed by atoms with Gasteiger partial charge in [-0.2, -0.15) is 0 Å². The number of esters is 2. The molecule has 2 bridgehead atoms. The second-order valence-corrected chi connectivity index (χ2v) is 13.0. The molecule has 42 heavy (non-hydrogen) atoms. The lowest BCUT2D eigenvalue weighted by Crippen LogP contribution is -2.69. The molecule has 0 radical (unpaired) electrons. The average Bonchev–Trinajstić information content (AvgIpc) is 2.91. The molecule has 3 aliphatic carbocycles. The van der Waals surface area contributed by atoms with Crippen LogP contribution in [0.4, 0.5) is 0 Å². The number of carbonyl (C=O) groups excluding carboxylic acids is 4. The van der Waals surface area contributed by atoms with Crippen LogP contribution in [0.5, 0.6) is 0 Å². The van der Waals surface area contributed by atoms with Crippen molar-refractivity contribution in [2.75, 3.05) is 13.2 Å². The topological polar surface area (TPSA) is 148 Å². The Morgan fingerprint density at radius 3 is 2.40 bits per heavy atom. The van der Waals surface area contributed by atoms with E-state index < -0.39 is 58.4 Å². The van der Waals surface area contributed by atoms with Crippen molar-refractivity contribution in [3.8, 4) is 0 Å². The number of amides is 1. The smallest absolute Gasteiger partial charge is 0.308 e. The molecule has 10 heteroatoms. The number of hydrogen-bond donors (Lipinski definition) is 3. The van der Waals surface area contributed by atoms with Crippen LogP contribution in [0.2, 0.25) is 0 Å². The fourth-order valence-electron chi connectivity index (χ4n) is 7.71. The van der Waals surface area contributed by atoms with Gasteiger partial charge >= 0.3 is 11.9 Å². The minimum Gasteiger partial charge on any atom is -0.458 e. The molecule has 2 saturated carbocycles. The van der Waals surface area contributed by atoms with Gasteiger partial charge in [-0.25, -0.2) is 0 Å². The van der Waals surface area contributed by atoms with E-state index in [-0.39, 0.29) is 50.2 Å². The largest absolute Gasteiger partial charge is 0.458 e. The van der Waals surface area contributed by atoms with E-state index in [1.807, 2.05) is 13.8 Å². The Bertz CT molecular complexity index is 1310. The fraction of sp³-hybridized carbons (Fsp3) is 0.625. The van der Waals surface area contributed by atoms with Crippen molar-refractivity contribution in [2.24, 2.45) is 22.7 Å².